The Morgan fingerprint density at radius 3 is 2.09 bits per heavy atom. The lowest BCUT2D eigenvalue weighted by molar-refractivity contribution is 0.102. The Hall–Kier alpha value is -2.98. The molecule has 0 bridgehead atoms. The van der Waals surface area contributed by atoms with Gasteiger partial charge in [0.25, 0.3) is 16.0 Å². The largest absolute Gasteiger partial charge is 0.332 e. The molecule has 4 N–H and O–H groups in total. The Morgan fingerprint density at radius 2 is 1.50 bits per heavy atom. The summed E-state index contributed by atoms with van der Waals surface area (Å²) < 4.78 is 31.9. The van der Waals surface area contributed by atoms with Crippen LogP contribution in [0.2, 0.25) is 5.02 Å². The van der Waals surface area contributed by atoms with Gasteiger partial charge in [0, 0.05) is 22.6 Å². The number of hydrogen-bond acceptors (Lipinski definition) is 4. The van der Waals surface area contributed by atoms with Crippen molar-refractivity contribution in [2.75, 3.05) is 16.0 Å². The summed E-state index contributed by atoms with van der Waals surface area (Å²) in [5, 5.41) is 8.96. The van der Waals surface area contributed by atoms with Crippen LogP contribution in [0.5, 0.6) is 0 Å². The second kappa shape index (κ2) is 9.66. The second-order valence-corrected chi connectivity index (χ2v) is 9.13. The predicted molar refractivity (Wildman–Crippen MR) is 131 cm³/mol. The van der Waals surface area contributed by atoms with Crippen LogP contribution in [0.3, 0.4) is 0 Å². The van der Waals surface area contributed by atoms with Crippen molar-refractivity contribution in [2.24, 2.45) is 0 Å². The average molecular weight is 490 g/mol. The lowest BCUT2D eigenvalue weighted by Crippen LogP contribution is -2.20. The first-order valence-electron chi connectivity index (χ1n) is 9.38. The highest BCUT2D eigenvalue weighted by atomic mass is 35.5. The fraction of sp³-hybridized carbons (Fsp3) is 0.0909. The van der Waals surface area contributed by atoms with Gasteiger partial charge in [0.2, 0.25) is 0 Å². The number of carbonyl (C=O) groups is 1. The molecule has 0 saturated heterocycles. The molecule has 3 rings (SSSR count). The first kappa shape index (κ1) is 23.7. The molecule has 0 spiro atoms. The van der Waals surface area contributed by atoms with Crippen LogP contribution in [0.25, 0.3) is 0 Å². The van der Waals surface area contributed by atoms with E-state index in [0.29, 0.717) is 28.2 Å². The van der Waals surface area contributed by atoms with E-state index in [9.17, 15) is 17.8 Å². The van der Waals surface area contributed by atoms with Crippen LogP contribution in [-0.2, 0) is 10.1 Å². The topological polar surface area (TPSA) is 108 Å². The van der Waals surface area contributed by atoms with Crippen molar-refractivity contribution < 1.29 is 17.8 Å². The molecule has 3 aromatic carbocycles. The van der Waals surface area contributed by atoms with E-state index in [1.165, 1.54) is 12.1 Å². The van der Waals surface area contributed by atoms with Gasteiger partial charge >= 0.3 is 0 Å². The van der Waals surface area contributed by atoms with Crippen LogP contribution in [0.1, 0.15) is 21.5 Å². The van der Waals surface area contributed by atoms with Crippen LogP contribution < -0.4 is 16.0 Å². The van der Waals surface area contributed by atoms with Crippen molar-refractivity contribution in [1.29, 1.82) is 0 Å². The number of thiocarbonyl (C=S) groups is 1. The zero-order chi connectivity index (χ0) is 23.5. The standard InChI is InChI=1S/C22H20ClN3O4S2/c1-13-5-3-4-6-17(13)21(27)24-15-7-9-16(10-8-15)25-22(31)26-18-11-12-19(32(28,29)30)20(23)14(18)2/h3-12H,1-2H3,(H,24,27)(H2,25,26,31)(H,28,29,30). The minimum Gasteiger partial charge on any atom is -0.332 e. The maximum absolute atomic E-state index is 12.4. The van der Waals surface area contributed by atoms with Gasteiger partial charge < -0.3 is 16.0 Å². The molecule has 32 heavy (non-hydrogen) atoms. The molecule has 0 aliphatic heterocycles. The van der Waals surface area contributed by atoms with Crippen LogP contribution in [0.4, 0.5) is 17.1 Å². The Morgan fingerprint density at radius 1 is 0.906 bits per heavy atom. The summed E-state index contributed by atoms with van der Waals surface area (Å²) in [6.45, 7) is 3.48. The molecular formula is C22H20ClN3O4S2. The number of aryl methyl sites for hydroxylation is 1. The summed E-state index contributed by atoms with van der Waals surface area (Å²) in [5.74, 6) is -0.193. The van der Waals surface area contributed by atoms with Crippen molar-refractivity contribution in [2.45, 2.75) is 18.7 Å². The van der Waals surface area contributed by atoms with Gasteiger partial charge in [-0.2, -0.15) is 8.42 Å². The Kier molecular flexibility index (Phi) is 7.15. The lowest BCUT2D eigenvalue weighted by atomic mass is 10.1. The highest BCUT2D eigenvalue weighted by Gasteiger charge is 2.18. The van der Waals surface area contributed by atoms with Gasteiger partial charge in [-0.3, -0.25) is 9.35 Å². The van der Waals surface area contributed by atoms with E-state index in [1.807, 2.05) is 25.1 Å². The van der Waals surface area contributed by atoms with Crippen LogP contribution in [0, 0.1) is 13.8 Å². The number of carbonyl (C=O) groups excluding carboxylic acids is 1. The molecule has 10 heteroatoms. The van der Waals surface area contributed by atoms with Gasteiger partial charge in [-0.25, -0.2) is 0 Å². The van der Waals surface area contributed by atoms with Crippen molar-refractivity contribution in [1.82, 2.24) is 0 Å². The minimum absolute atomic E-state index is 0.0888. The molecule has 7 nitrogen and oxygen atoms in total. The number of amides is 1. The van der Waals surface area contributed by atoms with Crippen molar-refractivity contribution in [3.05, 3.63) is 82.4 Å². The summed E-state index contributed by atoms with van der Waals surface area (Å²) in [6.07, 6.45) is 0. The van der Waals surface area contributed by atoms with E-state index in [2.05, 4.69) is 16.0 Å². The quantitative estimate of drug-likeness (QED) is 0.286. The number of anilines is 3. The van der Waals surface area contributed by atoms with Crippen molar-refractivity contribution in [3.63, 3.8) is 0 Å². The number of hydrogen-bond donors (Lipinski definition) is 4. The number of benzene rings is 3. The highest BCUT2D eigenvalue weighted by molar-refractivity contribution is 7.86. The van der Waals surface area contributed by atoms with Crippen LogP contribution in [0.15, 0.2) is 65.6 Å². The average Bonchev–Trinajstić information content (AvgIpc) is 2.72. The van der Waals surface area contributed by atoms with Gasteiger partial charge in [-0.05, 0) is 79.7 Å². The third kappa shape index (κ3) is 5.63. The summed E-state index contributed by atoms with van der Waals surface area (Å²) in [6, 6.07) is 17.0. The molecule has 0 saturated carbocycles. The SMILES string of the molecule is Cc1ccccc1C(=O)Nc1ccc(NC(=S)Nc2ccc(S(=O)(=O)O)c(Cl)c2C)cc1. The van der Waals surface area contributed by atoms with Gasteiger partial charge in [0.15, 0.2) is 5.11 Å². The fourth-order valence-electron chi connectivity index (χ4n) is 2.94. The summed E-state index contributed by atoms with van der Waals surface area (Å²) in [4.78, 5) is 12.1. The van der Waals surface area contributed by atoms with E-state index < -0.39 is 10.1 Å². The molecule has 0 aromatic heterocycles. The van der Waals surface area contributed by atoms with E-state index in [-0.39, 0.29) is 20.9 Å². The van der Waals surface area contributed by atoms with Crippen molar-refractivity contribution >= 4 is 62.0 Å². The minimum atomic E-state index is -4.42. The first-order chi connectivity index (χ1) is 15.1. The zero-order valence-corrected chi connectivity index (χ0v) is 19.5. The molecule has 1 amide bonds. The van der Waals surface area contributed by atoms with Gasteiger partial charge in [0.1, 0.15) is 4.90 Å². The van der Waals surface area contributed by atoms with Crippen molar-refractivity contribution in [3.8, 4) is 0 Å². The predicted octanol–water partition coefficient (Wildman–Crippen LogP) is 5.26. The molecule has 166 valence electrons. The van der Waals surface area contributed by atoms with Crippen LogP contribution >= 0.6 is 23.8 Å². The van der Waals surface area contributed by atoms with Gasteiger partial charge in [0.05, 0.1) is 5.02 Å². The monoisotopic (exact) mass is 489 g/mol. The molecule has 3 aromatic rings. The van der Waals surface area contributed by atoms with Gasteiger partial charge in [-0.15, -0.1) is 0 Å². The smallest absolute Gasteiger partial charge is 0.296 e. The third-order valence-corrected chi connectivity index (χ3v) is 6.37. The second-order valence-electron chi connectivity index (χ2n) is 6.95. The fourth-order valence-corrected chi connectivity index (χ4v) is 4.25. The zero-order valence-electron chi connectivity index (χ0n) is 17.1. The van der Waals surface area contributed by atoms with E-state index >= 15 is 0 Å². The molecule has 0 aliphatic rings. The molecule has 0 aliphatic carbocycles. The summed E-state index contributed by atoms with van der Waals surface area (Å²) >= 11 is 11.4. The summed E-state index contributed by atoms with van der Waals surface area (Å²) in [7, 11) is -4.42. The normalized spacial score (nSPS) is 11.0. The maximum Gasteiger partial charge on any atom is 0.296 e. The van der Waals surface area contributed by atoms with Gasteiger partial charge in [-0.1, -0.05) is 29.8 Å². The molecule has 0 atom stereocenters. The highest BCUT2D eigenvalue weighted by Crippen LogP contribution is 2.30. The molecular weight excluding hydrogens is 470 g/mol. The molecule has 0 heterocycles. The third-order valence-electron chi connectivity index (χ3n) is 4.67. The molecule has 0 radical (unpaired) electrons. The first-order valence-corrected chi connectivity index (χ1v) is 11.6. The van der Waals surface area contributed by atoms with E-state index in [0.717, 1.165) is 5.56 Å². The maximum atomic E-state index is 12.4. The molecule has 0 fully saturated rings. The number of nitrogens with one attached hydrogen (secondary N) is 3. The lowest BCUT2D eigenvalue weighted by Gasteiger charge is -2.15. The number of rotatable bonds is 5. The Bertz CT molecular complexity index is 1290. The number of halogens is 1. The molecule has 0 unspecified atom stereocenters. The van der Waals surface area contributed by atoms with Crippen LogP contribution in [-0.4, -0.2) is 24.0 Å². The van der Waals surface area contributed by atoms with E-state index in [1.54, 1.807) is 37.3 Å². The summed E-state index contributed by atoms with van der Waals surface area (Å²) in [5.41, 5.74) is 3.71. The Balaban J connectivity index is 1.65. The van der Waals surface area contributed by atoms with E-state index in [4.69, 9.17) is 23.8 Å². The Labute approximate surface area is 196 Å².